The van der Waals surface area contributed by atoms with Gasteiger partial charge in [0.1, 0.15) is 11.6 Å². The third kappa shape index (κ3) is 12.3. The summed E-state index contributed by atoms with van der Waals surface area (Å²) in [6, 6.07) is 41.8. The van der Waals surface area contributed by atoms with E-state index in [0.717, 1.165) is 71.5 Å². The van der Waals surface area contributed by atoms with Crippen LogP contribution in [0.3, 0.4) is 0 Å². The molecule has 0 saturated heterocycles. The maximum atomic E-state index is 8.56. The first kappa shape index (κ1) is 41.5. The molecule has 0 saturated carbocycles. The minimum Gasteiger partial charge on any atom is -0.393 e. The molecular formula is C39H45Ir2N6O2-. The molecule has 2 unspecified atom stereocenters. The van der Waals surface area contributed by atoms with Gasteiger partial charge in [-0.3, -0.25) is 4.57 Å². The van der Waals surface area contributed by atoms with Crippen LogP contribution >= 0.6 is 0 Å². The van der Waals surface area contributed by atoms with Gasteiger partial charge in [-0.25, -0.2) is 0 Å². The summed E-state index contributed by atoms with van der Waals surface area (Å²) in [5.41, 5.74) is 4.26. The van der Waals surface area contributed by atoms with Gasteiger partial charge in [0.2, 0.25) is 0 Å². The second kappa shape index (κ2) is 22.2. The van der Waals surface area contributed by atoms with Gasteiger partial charge in [0.05, 0.1) is 18.0 Å². The normalized spacial score (nSPS) is 11.4. The zero-order valence-electron chi connectivity index (χ0n) is 28.4. The molecule has 2 radical (unpaired) electrons. The number of aliphatic hydroxyl groups excluding tert-OH is 2. The van der Waals surface area contributed by atoms with Gasteiger partial charge in [-0.05, 0) is 57.4 Å². The second-order valence-electron chi connectivity index (χ2n) is 11.3. The van der Waals surface area contributed by atoms with Gasteiger partial charge in [-0.1, -0.05) is 80.6 Å². The molecule has 262 valence electrons. The molecule has 10 heteroatoms. The quantitative estimate of drug-likeness (QED) is 0.137. The van der Waals surface area contributed by atoms with Crippen molar-refractivity contribution in [3.05, 3.63) is 133 Å². The molecule has 6 aromatic rings. The van der Waals surface area contributed by atoms with Gasteiger partial charge in [0, 0.05) is 70.0 Å². The van der Waals surface area contributed by atoms with E-state index in [-0.39, 0.29) is 52.4 Å². The summed E-state index contributed by atoms with van der Waals surface area (Å²) in [6.45, 7) is 7.63. The van der Waals surface area contributed by atoms with Crippen molar-refractivity contribution in [2.45, 2.75) is 72.0 Å². The maximum absolute atomic E-state index is 8.56. The first-order chi connectivity index (χ1) is 22.9. The molecule has 49 heavy (non-hydrogen) atoms. The van der Waals surface area contributed by atoms with E-state index < -0.39 is 0 Å². The van der Waals surface area contributed by atoms with Crippen molar-refractivity contribution >= 4 is 0 Å². The zero-order chi connectivity index (χ0) is 33.4. The van der Waals surface area contributed by atoms with E-state index in [2.05, 4.69) is 85.8 Å². The molecular weight excluding hydrogens is 969 g/mol. The van der Waals surface area contributed by atoms with Crippen molar-refractivity contribution < 1.29 is 50.4 Å². The average Bonchev–Trinajstić information content (AvgIpc) is 3.71. The Bertz CT molecular complexity index is 1600. The van der Waals surface area contributed by atoms with E-state index in [4.69, 9.17) is 10.2 Å². The van der Waals surface area contributed by atoms with Crippen molar-refractivity contribution in [1.82, 2.24) is 29.5 Å². The molecule has 0 bridgehead atoms. The van der Waals surface area contributed by atoms with Crippen molar-refractivity contribution in [3.8, 4) is 34.2 Å². The third-order valence-electron chi connectivity index (χ3n) is 7.10. The van der Waals surface area contributed by atoms with E-state index in [1.807, 2.05) is 78.9 Å². The molecule has 0 fully saturated rings. The van der Waals surface area contributed by atoms with Crippen LogP contribution < -0.4 is 0 Å². The Morgan fingerprint density at radius 2 is 1.00 bits per heavy atom. The molecule has 0 spiro atoms. The summed E-state index contributed by atoms with van der Waals surface area (Å²) in [7, 11) is 0. The Morgan fingerprint density at radius 3 is 1.41 bits per heavy atom. The Hall–Kier alpha value is -3.62. The number of rotatable bonds is 10. The van der Waals surface area contributed by atoms with Gasteiger partial charge in [0.15, 0.2) is 5.82 Å². The van der Waals surface area contributed by atoms with Crippen LogP contribution in [0.15, 0.2) is 115 Å². The summed E-state index contributed by atoms with van der Waals surface area (Å²) in [5, 5.41) is 34.6. The fraction of sp³-hybridized carbons (Fsp3) is 0.282. The first-order valence-corrected chi connectivity index (χ1v) is 16.3. The average molecular weight is 1010 g/mol. The topological polar surface area (TPSA) is 102 Å². The van der Waals surface area contributed by atoms with E-state index in [1.165, 1.54) is 0 Å². The molecule has 0 aliphatic rings. The number of hydrogen-bond donors (Lipinski definition) is 2. The Kier molecular flexibility index (Phi) is 18.8. The maximum Gasteiger partial charge on any atom is 0.168 e. The fourth-order valence-electron chi connectivity index (χ4n) is 5.08. The fourth-order valence-corrected chi connectivity index (χ4v) is 5.08. The van der Waals surface area contributed by atoms with E-state index >= 15 is 0 Å². The standard InChI is InChI=1S/C17H17N3.C17H16N3.C5H12O2.2Ir/c2*1-2-9-16-18-19-17(14-10-5-3-6-11-14)20(16)15-12-7-4-8-13-15;1-4(6)3-5(2)7;;/h3-8,10-13H,2,9H2,1H3;3-8,10,12-13H,2,9H2,1H3;4-7H,3H2,1-2H3;;/q;-1;;;. The molecule has 2 heterocycles. The molecule has 4 aromatic carbocycles. The summed E-state index contributed by atoms with van der Waals surface area (Å²) in [4.78, 5) is 0. The van der Waals surface area contributed by atoms with Crippen molar-refractivity contribution in [2.24, 2.45) is 0 Å². The minimum absolute atomic E-state index is 0. The van der Waals surface area contributed by atoms with Crippen LogP contribution in [0.5, 0.6) is 0 Å². The summed E-state index contributed by atoms with van der Waals surface area (Å²) in [5.74, 6) is 3.75. The van der Waals surface area contributed by atoms with Crippen molar-refractivity contribution in [1.29, 1.82) is 0 Å². The van der Waals surface area contributed by atoms with Gasteiger partial charge >= 0.3 is 0 Å². The zero-order valence-corrected chi connectivity index (χ0v) is 33.2. The van der Waals surface area contributed by atoms with E-state index in [1.54, 1.807) is 13.8 Å². The summed E-state index contributed by atoms with van der Waals surface area (Å²) < 4.78 is 4.27. The Balaban J connectivity index is 0.000000277. The van der Waals surface area contributed by atoms with Crippen LogP contribution in [0.1, 0.15) is 58.6 Å². The largest absolute Gasteiger partial charge is 0.393 e. The van der Waals surface area contributed by atoms with Crippen molar-refractivity contribution in [3.63, 3.8) is 0 Å². The molecule has 0 amide bonds. The van der Waals surface area contributed by atoms with Crippen LogP contribution in [-0.2, 0) is 53.1 Å². The predicted octanol–water partition coefficient (Wildman–Crippen LogP) is 7.71. The van der Waals surface area contributed by atoms with Crippen LogP contribution in [0.25, 0.3) is 34.2 Å². The molecule has 2 aromatic heterocycles. The number of para-hydroxylation sites is 2. The predicted molar refractivity (Wildman–Crippen MR) is 188 cm³/mol. The van der Waals surface area contributed by atoms with Gasteiger partial charge < -0.3 is 14.8 Å². The van der Waals surface area contributed by atoms with Crippen LogP contribution in [0.2, 0.25) is 0 Å². The number of benzene rings is 4. The Morgan fingerprint density at radius 1 is 0.571 bits per heavy atom. The third-order valence-corrected chi connectivity index (χ3v) is 7.10. The number of aryl methyl sites for hydroxylation is 2. The van der Waals surface area contributed by atoms with Crippen LogP contribution in [0, 0.1) is 6.07 Å². The van der Waals surface area contributed by atoms with E-state index in [0.29, 0.717) is 6.42 Å². The number of hydrogen-bond acceptors (Lipinski definition) is 6. The van der Waals surface area contributed by atoms with Crippen LogP contribution in [-0.4, -0.2) is 51.9 Å². The smallest absolute Gasteiger partial charge is 0.168 e. The molecule has 0 aliphatic carbocycles. The van der Waals surface area contributed by atoms with Crippen molar-refractivity contribution in [2.75, 3.05) is 0 Å². The monoisotopic (exact) mass is 1020 g/mol. The van der Waals surface area contributed by atoms with E-state index in [9.17, 15) is 0 Å². The Labute approximate surface area is 317 Å². The first-order valence-electron chi connectivity index (χ1n) is 16.3. The molecule has 2 N–H and O–H groups in total. The SMILES string of the molecule is CC(O)CC(C)O.CCCc1nnc(-c2[c-]cccc2)n1-c1ccccc1.CCCc1nnc(-c2ccccc2)n1-c1ccccc1.[Ir].[Ir]. The summed E-state index contributed by atoms with van der Waals surface area (Å²) >= 11 is 0. The van der Waals surface area contributed by atoms with Crippen LogP contribution in [0.4, 0.5) is 0 Å². The molecule has 2 atom stereocenters. The minimum atomic E-state index is -0.375. The van der Waals surface area contributed by atoms with Gasteiger partial charge in [-0.2, -0.15) is 5.10 Å². The second-order valence-corrected chi connectivity index (χ2v) is 11.3. The summed E-state index contributed by atoms with van der Waals surface area (Å²) in [6.07, 6.45) is 3.66. The number of aromatic nitrogens is 6. The molecule has 6 rings (SSSR count). The molecule has 8 nitrogen and oxygen atoms in total. The number of nitrogens with zero attached hydrogens (tertiary/aromatic N) is 6. The number of aliphatic hydroxyl groups is 2. The molecule has 0 aliphatic heterocycles. The van der Waals surface area contributed by atoms with Gasteiger partial charge in [-0.15, -0.1) is 51.2 Å². The van der Waals surface area contributed by atoms with Gasteiger partial charge in [0.25, 0.3) is 0 Å².